The lowest BCUT2D eigenvalue weighted by atomic mass is 10.1. The molecule has 0 aliphatic heterocycles. The maximum absolute atomic E-state index is 12.8. The van der Waals surface area contributed by atoms with E-state index in [2.05, 4.69) is 25.3 Å². The predicted molar refractivity (Wildman–Crippen MR) is 155 cm³/mol. The quantitative estimate of drug-likeness (QED) is 0.131. The fourth-order valence-corrected chi connectivity index (χ4v) is 5.80. The van der Waals surface area contributed by atoms with Crippen molar-refractivity contribution in [2.75, 3.05) is 22.0 Å². The van der Waals surface area contributed by atoms with Gasteiger partial charge in [-0.3, -0.25) is 9.50 Å². The average Bonchev–Trinajstić information content (AvgIpc) is 2.91. The number of halogens is 2. The van der Waals surface area contributed by atoms with Crippen LogP contribution in [0.3, 0.4) is 0 Å². The number of thiol groups is 1. The molecule has 10 nitrogen and oxygen atoms in total. The maximum Gasteiger partial charge on any atom is 0.263 e. The summed E-state index contributed by atoms with van der Waals surface area (Å²) in [4.78, 5) is 9.15. The number of aliphatic hydroxyl groups is 1. The van der Waals surface area contributed by atoms with Crippen LogP contribution in [0.25, 0.3) is 11.1 Å². The highest BCUT2D eigenvalue weighted by molar-refractivity contribution is 7.92. The molecule has 5 N–H and O–H groups in total. The Morgan fingerprint density at radius 3 is 2.46 bits per heavy atom. The molecule has 4 aromatic rings. The van der Waals surface area contributed by atoms with Crippen molar-refractivity contribution in [2.24, 2.45) is 0 Å². The second-order valence-corrected chi connectivity index (χ2v) is 11.9. The molecular weight excluding hydrogens is 583 g/mol. The van der Waals surface area contributed by atoms with E-state index < -0.39 is 20.6 Å². The van der Waals surface area contributed by atoms with Crippen molar-refractivity contribution in [3.8, 4) is 11.1 Å². The number of hydrogen-bond acceptors (Lipinski definition) is 9. The van der Waals surface area contributed by atoms with E-state index in [1.165, 1.54) is 18.2 Å². The van der Waals surface area contributed by atoms with Gasteiger partial charge >= 0.3 is 0 Å². The topological polar surface area (TPSA) is 157 Å². The standard InChI is InChI=1S/C25H24Cl2N6O4S2/c1-15(14-34)30-24-20(13-29-25(32-24)31-18-4-2-5-19(12-18)38(28)35)16-8-10-17(11-9-16)33-39(36,37)22-7-3-6-21(26)23(22)27/h2-13,15,28,33-34,38H,14H2,1H3,(H2,29,30,31,32). The van der Waals surface area contributed by atoms with E-state index >= 15 is 0 Å². The van der Waals surface area contributed by atoms with Gasteiger partial charge in [-0.2, -0.15) is 4.98 Å². The van der Waals surface area contributed by atoms with Gasteiger partial charge in [0, 0.05) is 34.1 Å². The average molecular weight is 608 g/mol. The third kappa shape index (κ3) is 6.97. The Hall–Kier alpha value is -3.42. The summed E-state index contributed by atoms with van der Waals surface area (Å²) in [6.45, 7) is 1.64. The second-order valence-electron chi connectivity index (χ2n) is 8.39. The summed E-state index contributed by atoms with van der Waals surface area (Å²) in [6.07, 6.45) is 1.58. The molecule has 0 aliphatic rings. The molecule has 0 fully saturated rings. The molecule has 0 bridgehead atoms. The fourth-order valence-electron chi connectivity index (χ4n) is 3.50. The first-order valence-electron chi connectivity index (χ1n) is 11.4. The lowest BCUT2D eigenvalue weighted by Gasteiger charge is -2.17. The van der Waals surface area contributed by atoms with Crippen LogP contribution in [0.15, 0.2) is 82.7 Å². The number of rotatable bonds is 10. The van der Waals surface area contributed by atoms with Gasteiger partial charge in [0.1, 0.15) is 10.7 Å². The summed E-state index contributed by atoms with van der Waals surface area (Å²) < 4.78 is 47.2. The van der Waals surface area contributed by atoms with Gasteiger partial charge in [-0.1, -0.05) is 47.5 Å². The first-order chi connectivity index (χ1) is 18.6. The number of hydrogen-bond donors (Lipinski definition) is 6. The number of nitrogens with one attached hydrogen (secondary N) is 4. The van der Waals surface area contributed by atoms with Crippen molar-refractivity contribution in [1.29, 1.82) is 4.78 Å². The molecule has 0 saturated heterocycles. The minimum atomic E-state index is -3.99. The first-order valence-corrected chi connectivity index (χ1v) is 14.9. The van der Waals surface area contributed by atoms with Gasteiger partial charge in [-0.25, -0.2) is 17.6 Å². The third-order valence-electron chi connectivity index (χ3n) is 5.44. The van der Waals surface area contributed by atoms with Crippen LogP contribution in [-0.2, 0) is 20.6 Å². The van der Waals surface area contributed by atoms with E-state index in [0.717, 1.165) is 0 Å². The smallest absolute Gasteiger partial charge is 0.263 e. The normalized spacial score (nSPS) is 12.9. The van der Waals surface area contributed by atoms with Crippen LogP contribution in [0.4, 0.5) is 23.1 Å². The Bertz CT molecular complexity index is 1670. The van der Waals surface area contributed by atoms with Crippen LogP contribution in [0.5, 0.6) is 0 Å². The Morgan fingerprint density at radius 2 is 1.77 bits per heavy atom. The highest BCUT2D eigenvalue weighted by Gasteiger charge is 2.20. The first kappa shape index (κ1) is 28.6. The SMILES string of the molecule is CC(CO)Nc1nc(Nc2cccc([SH](=N)=O)c2)ncc1-c1ccc(NS(=O)(=O)c2cccc(Cl)c2Cl)cc1. The second kappa shape index (κ2) is 12.2. The van der Waals surface area contributed by atoms with Gasteiger partial charge in [-0.15, -0.1) is 0 Å². The molecule has 0 aliphatic carbocycles. The van der Waals surface area contributed by atoms with E-state index in [9.17, 15) is 17.7 Å². The molecule has 204 valence electrons. The van der Waals surface area contributed by atoms with E-state index in [0.29, 0.717) is 33.2 Å². The summed E-state index contributed by atoms with van der Waals surface area (Å²) >= 11 is 12.1. The van der Waals surface area contributed by atoms with E-state index in [4.69, 9.17) is 28.0 Å². The molecule has 4 rings (SSSR count). The fraction of sp³-hybridized carbons (Fsp3) is 0.120. The summed E-state index contributed by atoms with van der Waals surface area (Å²) in [5.41, 5.74) is 2.16. The van der Waals surface area contributed by atoms with Gasteiger partial charge in [0.2, 0.25) is 5.95 Å². The zero-order valence-corrected chi connectivity index (χ0v) is 23.6. The van der Waals surface area contributed by atoms with Gasteiger partial charge in [-0.05, 0) is 55.0 Å². The zero-order valence-electron chi connectivity index (χ0n) is 20.4. The molecular formula is C25H24Cl2N6O4S2. The molecule has 14 heteroatoms. The molecule has 1 aromatic heterocycles. The highest BCUT2D eigenvalue weighted by Crippen LogP contribution is 2.32. The minimum Gasteiger partial charge on any atom is -0.394 e. The summed E-state index contributed by atoms with van der Waals surface area (Å²) in [5.74, 6) is 0.669. The lowest BCUT2D eigenvalue weighted by molar-refractivity contribution is 0.281. The molecule has 0 saturated carbocycles. The molecule has 3 aromatic carbocycles. The van der Waals surface area contributed by atoms with Crippen LogP contribution in [-0.4, -0.2) is 40.3 Å². The molecule has 2 unspecified atom stereocenters. The Balaban J connectivity index is 1.61. The largest absolute Gasteiger partial charge is 0.394 e. The number of sulfonamides is 1. The maximum atomic E-state index is 12.8. The molecule has 1 heterocycles. The van der Waals surface area contributed by atoms with E-state index in [1.54, 1.807) is 61.7 Å². The van der Waals surface area contributed by atoms with Crippen LogP contribution in [0.1, 0.15) is 6.92 Å². The molecule has 0 radical (unpaired) electrons. The number of aliphatic hydroxyl groups excluding tert-OH is 1. The third-order valence-corrected chi connectivity index (χ3v) is 8.54. The van der Waals surface area contributed by atoms with Crippen molar-refractivity contribution < 1.29 is 17.7 Å². The monoisotopic (exact) mass is 606 g/mol. The lowest BCUT2D eigenvalue weighted by Crippen LogP contribution is -2.21. The summed E-state index contributed by atoms with van der Waals surface area (Å²) in [5, 5.41) is 15.8. The van der Waals surface area contributed by atoms with Gasteiger partial charge < -0.3 is 15.7 Å². The van der Waals surface area contributed by atoms with Crippen molar-refractivity contribution >= 4 is 67.0 Å². The van der Waals surface area contributed by atoms with Crippen molar-refractivity contribution in [1.82, 2.24) is 9.97 Å². The molecule has 2 atom stereocenters. The van der Waals surface area contributed by atoms with Crippen molar-refractivity contribution in [3.05, 3.63) is 83.0 Å². The predicted octanol–water partition coefficient (Wildman–Crippen LogP) is 5.39. The van der Waals surface area contributed by atoms with Crippen LogP contribution in [0, 0.1) is 4.78 Å². The Labute approximate surface area is 237 Å². The van der Waals surface area contributed by atoms with Crippen molar-refractivity contribution in [2.45, 2.75) is 22.8 Å². The zero-order chi connectivity index (χ0) is 28.2. The van der Waals surface area contributed by atoms with Gasteiger partial charge in [0.15, 0.2) is 0 Å². The summed E-state index contributed by atoms with van der Waals surface area (Å²) in [6, 6.07) is 17.2. The van der Waals surface area contributed by atoms with E-state index in [1.807, 2.05) is 0 Å². The van der Waals surface area contributed by atoms with Gasteiger partial charge in [0.25, 0.3) is 10.0 Å². The van der Waals surface area contributed by atoms with Crippen LogP contribution < -0.4 is 15.4 Å². The van der Waals surface area contributed by atoms with Crippen LogP contribution >= 0.6 is 23.2 Å². The number of nitrogens with zero attached hydrogens (tertiary/aromatic N) is 2. The number of benzene rings is 3. The highest BCUT2D eigenvalue weighted by atomic mass is 35.5. The van der Waals surface area contributed by atoms with Gasteiger partial charge in [0.05, 0.1) is 27.2 Å². The Morgan fingerprint density at radius 1 is 1.05 bits per heavy atom. The molecule has 0 amide bonds. The molecule has 39 heavy (non-hydrogen) atoms. The van der Waals surface area contributed by atoms with E-state index in [-0.39, 0.29) is 33.5 Å². The summed E-state index contributed by atoms with van der Waals surface area (Å²) in [7, 11) is -6.23. The Kier molecular flexibility index (Phi) is 8.93. The molecule has 0 spiro atoms. The van der Waals surface area contributed by atoms with Crippen LogP contribution in [0.2, 0.25) is 10.0 Å². The number of aromatic nitrogens is 2. The number of anilines is 4. The van der Waals surface area contributed by atoms with Crippen molar-refractivity contribution in [3.63, 3.8) is 0 Å². The minimum absolute atomic E-state index is 0.0666.